The van der Waals surface area contributed by atoms with Crippen LogP contribution in [-0.2, 0) is 13.0 Å². The van der Waals surface area contributed by atoms with Crippen molar-refractivity contribution in [2.45, 2.75) is 13.0 Å². The Morgan fingerprint density at radius 2 is 2.50 bits per heavy atom. The summed E-state index contributed by atoms with van der Waals surface area (Å²) in [7, 11) is 0. The average Bonchev–Trinajstić information content (AvgIpc) is 2.86. The number of hydrogen-bond donors (Lipinski definition) is 1. The fourth-order valence-electron chi connectivity index (χ4n) is 1.75. The first-order valence-corrected chi connectivity index (χ1v) is 5.63. The summed E-state index contributed by atoms with van der Waals surface area (Å²) in [6.07, 6.45) is 3.18. The van der Waals surface area contributed by atoms with Crippen molar-refractivity contribution in [2.75, 3.05) is 6.54 Å². The van der Waals surface area contributed by atoms with Crippen molar-refractivity contribution < 1.29 is 0 Å². The first-order valence-electron chi connectivity index (χ1n) is 4.75. The summed E-state index contributed by atoms with van der Waals surface area (Å²) in [5, 5.41) is 11.2. The lowest BCUT2D eigenvalue weighted by molar-refractivity contribution is 0.635. The first kappa shape index (κ1) is 8.20. The van der Waals surface area contributed by atoms with Crippen LogP contribution >= 0.6 is 11.3 Å². The van der Waals surface area contributed by atoms with E-state index in [9.17, 15) is 0 Å². The lowest BCUT2D eigenvalue weighted by Gasteiger charge is -2.09. The molecule has 0 spiro atoms. The highest BCUT2D eigenvalue weighted by atomic mass is 32.1. The molecule has 0 aliphatic carbocycles. The molecule has 1 N–H and O–H groups in total. The van der Waals surface area contributed by atoms with Crippen LogP contribution in [0.4, 0.5) is 0 Å². The highest BCUT2D eigenvalue weighted by molar-refractivity contribution is 7.12. The molecule has 0 saturated carbocycles. The molecule has 0 saturated heterocycles. The quantitative estimate of drug-likeness (QED) is 0.766. The normalized spacial score (nSPS) is 15.4. The van der Waals surface area contributed by atoms with Crippen LogP contribution in [0.1, 0.15) is 11.3 Å². The Morgan fingerprint density at radius 1 is 1.50 bits per heavy atom. The second-order valence-electron chi connectivity index (χ2n) is 3.42. The molecule has 0 fully saturated rings. The van der Waals surface area contributed by atoms with E-state index in [1.807, 2.05) is 4.68 Å². The number of hydrogen-bond acceptors (Lipinski definition) is 3. The van der Waals surface area contributed by atoms with Crippen LogP contribution in [0.15, 0.2) is 23.7 Å². The number of fused-ring (bicyclic) bond motifs is 1. The van der Waals surface area contributed by atoms with E-state index in [4.69, 9.17) is 0 Å². The molecule has 4 heteroatoms. The maximum absolute atomic E-state index is 4.58. The van der Waals surface area contributed by atoms with Gasteiger partial charge in [-0.2, -0.15) is 5.10 Å². The van der Waals surface area contributed by atoms with E-state index >= 15 is 0 Å². The van der Waals surface area contributed by atoms with Crippen LogP contribution in [0.2, 0.25) is 0 Å². The summed E-state index contributed by atoms with van der Waals surface area (Å²) in [5.74, 6) is 0. The zero-order valence-corrected chi connectivity index (χ0v) is 8.55. The van der Waals surface area contributed by atoms with Gasteiger partial charge in [0.2, 0.25) is 0 Å². The minimum absolute atomic E-state index is 0.959. The lowest BCUT2D eigenvalue weighted by atomic mass is 10.1. The highest BCUT2D eigenvalue weighted by Crippen LogP contribution is 2.18. The van der Waals surface area contributed by atoms with Crippen molar-refractivity contribution in [3.05, 3.63) is 35.0 Å². The van der Waals surface area contributed by atoms with Crippen molar-refractivity contribution in [3.8, 4) is 5.00 Å². The maximum atomic E-state index is 4.58. The Labute approximate surface area is 86.4 Å². The van der Waals surface area contributed by atoms with Gasteiger partial charge < -0.3 is 5.32 Å². The standard InChI is InChI=1S/C10H11N3S/c1-2-10(14-5-1)13-7-8-6-11-4-3-9(8)12-13/h1-2,5,7,11H,3-4,6H2. The number of aromatic nitrogens is 2. The van der Waals surface area contributed by atoms with Crippen LogP contribution in [0, 0.1) is 0 Å². The molecule has 3 rings (SSSR count). The number of nitrogens with zero attached hydrogens (tertiary/aromatic N) is 2. The van der Waals surface area contributed by atoms with Gasteiger partial charge in [-0.25, -0.2) is 4.68 Å². The Balaban J connectivity index is 2.04. The molecule has 3 nitrogen and oxygen atoms in total. The van der Waals surface area contributed by atoms with Crippen molar-refractivity contribution in [3.63, 3.8) is 0 Å². The third kappa shape index (κ3) is 1.27. The molecule has 0 aromatic carbocycles. The van der Waals surface area contributed by atoms with E-state index in [1.54, 1.807) is 11.3 Å². The van der Waals surface area contributed by atoms with E-state index in [0.717, 1.165) is 19.5 Å². The Morgan fingerprint density at radius 3 is 3.29 bits per heavy atom. The van der Waals surface area contributed by atoms with Crippen LogP contribution < -0.4 is 5.32 Å². The van der Waals surface area contributed by atoms with Gasteiger partial charge in [0.15, 0.2) is 0 Å². The smallest absolute Gasteiger partial charge is 0.117 e. The second kappa shape index (κ2) is 3.22. The molecule has 0 unspecified atom stereocenters. The van der Waals surface area contributed by atoms with E-state index in [0.29, 0.717) is 0 Å². The van der Waals surface area contributed by atoms with Gasteiger partial charge in [0.1, 0.15) is 5.00 Å². The zero-order valence-electron chi connectivity index (χ0n) is 7.73. The molecule has 1 aliphatic rings. The third-order valence-corrected chi connectivity index (χ3v) is 3.32. The molecular formula is C10H11N3S. The van der Waals surface area contributed by atoms with Crippen LogP contribution in [0.5, 0.6) is 0 Å². The Hall–Kier alpha value is -1.13. The summed E-state index contributed by atoms with van der Waals surface area (Å²) < 4.78 is 1.99. The second-order valence-corrected chi connectivity index (χ2v) is 4.35. The topological polar surface area (TPSA) is 29.9 Å². The third-order valence-electron chi connectivity index (χ3n) is 2.46. The number of nitrogens with one attached hydrogen (secondary N) is 1. The Bertz CT molecular complexity index is 407. The van der Waals surface area contributed by atoms with Crippen LogP contribution in [0.25, 0.3) is 5.00 Å². The summed E-state index contributed by atoms with van der Waals surface area (Å²) in [6, 6.07) is 4.15. The highest BCUT2D eigenvalue weighted by Gasteiger charge is 2.13. The first-order chi connectivity index (χ1) is 6.93. The van der Waals surface area contributed by atoms with Gasteiger partial charge in [0.05, 0.1) is 5.69 Å². The monoisotopic (exact) mass is 205 g/mol. The predicted octanol–water partition coefficient (Wildman–Crippen LogP) is 1.58. The van der Waals surface area contributed by atoms with Crippen molar-refractivity contribution in [2.24, 2.45) is 0 Å². The number of thiophene rings is 1. The largest absolute Gasteiger partial charge is 0.312 e. The summed E-state index contributed by atoms with van der Waals surface area (Å²) in [5.41, 5.74) is 2.59. The van der Waals surface area contributed by atoms with E-state index < -0.39 is 0 Å². The summed E-state index contributed by atoms with van der Waals surface area (Å²) in [6.45, 7) is 2.01. The summed E-state index contributed by atoms with van der Waals surface area (Å²) >= 11 is 1.72. The molecule has 2 aromatic heterocycles. The van der Waals surface area contributed by atoms with Gasteiger partial charge in [-0.1, -0.05) is 0 Å². The van der Waals surface area contributed by atoms with Gasteiger partial charge in [-0.3, -0.25) is 0 Å². The predicted molar refractivity (Wildman–Crippen MR) is 56.9 cm³/mol. The average molecular weight is 205 g/mol. The van der Waals surface area contributed by atoms with Gasteiger partial charge in [0, 0.05) is 31.3 Å². The molecule has 0 bridgehead atoms. The van der Waals surface area contributed by atoms with Gasteiger partial charge >= 0.3 is 0 Å². The van der Waals surface area contributed by atoms with E-state index in [-0.39, 0.29) is 0 Å². The molecule has 0 radical (unpaired) electrons. The molecule has 0 amide bonds. The van der Waals surface area contributed by atoms with E-state index in [2.05, 4.69) is 34.1 Å². The van der Waals surface area contributed by atoms with Crippen LogP contribution in [-0.4, -0.2) is 16.3 Å². The zero-order chi connectivity index (χ0) is 9.38. The van der Waals surface area contributed by atoms with Crippen LogP contribution in [0.3, 0.4) is 0 Å². The minimum atomic E-state index is 0.959. The van der Waals surface area contributed by atoms with Crippen molar-refractivity contribution in [1.29, 1.82) is 0 Å². The van der Waals surface area contributed by atoms with Gasteiger partial charge in [-0.05, 0) is 17.5 Å². The summed E-state index contributed by atoms with van der Waals surface area (Å²) in [4.78, 5) is 0. The van der Waals surface area contributed by atoms with Gasteiger partial charge in [-0.15, -0.1) is 11.3 Å². The molecule has 1 aliphatic heterocycles. The molecule has 3 heterocycles. The molecule has 14 heavy (non-hydrogen) atoms. The molecule has 2 aromatic rings. The van der Waals surface area contributed by atoms with Crippen molar-refractivity contribution >= 4 is 11.3 Å². The van der Waals surface area contributed by atoms with E-state index in [1.165, 1.54) is 16.3 Å². The minimum Gasteiger partial charge on any atom is -0.312 e. The SMILES string of the molecule is c1csc(-n2cc3c(n2)CCNC3)c1. The Kier molecular flexibility index (Phi) is 1.89. The fraction of sp³-hybridized carbons (Fsp3) is 0.300. The molecular weight excluding hydrogens is 194 g/mol. The molecule has 0 atom stereocenters. The lowest BCUT2D eigenvalue weighted by Crippen LogP contribution is -2.22. The fourth-order valence-corrected chi connectivity index (χ4v) is 2.40. The van der Waals surface area contributed by atoms with Gasteiger partial charge in [0.25, 0.3) is 0 Å². The molecule has 72 valence electrons. The van der Waals surface area contributed by atoms with Crippen molar-refractivity contribution in [1.82, 2.24) is 15.1 Å². The maximum Gasteiger partial charge on any atom is 0.117 e. The number of rotatable bonds is 1.